The highest BCUT2D eigenvalue weighted by molar-refractivity contribution is 7.90. The number of aromatic nitrogens is 2. The third kappa shape index (κ3) is 5.49. The van der Waals surface area contributed by atoms with E-state index in [9.17, 15) is 13.2 Å². The standard InChI is InChI=1S/C27H31N3O4S/c1-20-9-11-22(12-10-20)26(31)29(23-13-14-23)17-24-16-28-27(30(24)18-25-8-5-15-34-25)35(32,33)19-21-6-3-2-4-7-21/h2-4,6-7,9-12,16,23,25H,5,8,13-15,17-19H2,1H3/t25-/m0/s1. The van der Waals surface area contributed by atoms with E-state index in [4.69, 9.17) is 4.74 Å². The van der Waals surface area contributed by atoms with Gasteiger partial charge in [0.1, 0.15) is 0 Å². The van der Waals surface area contributed by atoms with Crippen molar-refractivity contribution in [3.05, 3.63) is 83.2 Å². The van der Waals surface area contributed by atoms with Crippen LogP contribution in [0.25, 0.3) is 0 Å². The summed E-state index contributed by atoms with van der Waals surface area (Å²) < 4.78 is 34.5. The van der Waals surface area contributed by atoms with Gasteiger partial charge in [0.05, 0.1) is 36.8 Å². The molecule has 0 radical (unpaired) electrons. The zero-order valence-corrected chi connectivity index (χ0v) is 20.8. The van der Waals surface area contributed by atoms with E-state index < -0.39 is 9.84 Å². The molecule has 0 bridgehead atoms. The first-order chi connectivity index (χ1) is 16.9. The minimum absolute atomic E-state index is 0.0361. The summed E-state index contributed by atoms with van der Waals surface area (Å²) in [4.78, 5) is 19.6. The molecule has 1 amide bonds. The Bertz CT molecular complexity index is 1280. The van der Waals surface area contributed by atoms with Crippen LogP contribution in [0, 0.1) is 6.92 Å². The summed E-state index contributed by atoms with van der Waals surface area (Å²) >= 11 is 0. The summed E-state index contributed by atoms with van der Waals surface area (Å²) in [5.74, 6) is -0.157. The van der Waals surface area contributed by atoms with Gasteiger partial charge in [-0.05, 0) is 50.3 Å². The molecular weight excluding hydrogens is 462 g/mol. The number of hydrogen-bond acceptors (Lipinski definition) is 5. The maximum Gasteiger partial charge on any atom is 0.254 e. The third-order valence-electron chi connectivity index (χ3n) is 6.67. The molecule has 0 N–H and O–H groups in total. The van der Waals surface area contributed by atoms with Gasteiger partial charge < -0.3 is 14.2 Å². The average molecular weight is 494 g/mol. The Labute approximate surface area is 206 Å². The van der Waals surface area contributed by atoms with Gasteiger partial charge in [0, 0.05) is 18.2 Å². The Kier molecular flexibility index (Phi) is 6.75. The van der Waals surface area contributed by atoms with Gasteiger partial charge in [0.15, 0.2) is 0 Å². The van der Waals surface area contributed by atoms with E-state index in [1.807, 2.05) is 54.3 Å². The minimum Gasteiger partial charge on any atom is -0.376 e. The van der Waals surface area contributed by atoms with E-state index in [0.29, 0.717) is 25.3 Å². The summed E-state index contributed by atoms with van der Waals surface area (Å²) in [6.45, 7) is 3.41. The lowest BCUT2D eigenvalue weighted by molar-refractivity contribution is 0.0718. The molecule has 2 fully saturated rings. The molecule has 1 saturated heterocycles. The van der Waals surface area contributed by atoms with Gasteiger partial charge in [-0.2, -0.15) is 0 Å². The lowest BCUT2D eigenvalue weighted by atomic mass is 10.1. The smallest absolute Gasteiger partial charge is 0.254 e. The molecule has 1 saturated carbocycles. The van der Waals surface area contributed by atoms with Gasteiger partial charge in [0.25, 0.3) is 5.91 Å². The predicted molar refractivity (Wildman–Crippen MR) is 133 cm³/mol. The molecule has 0 unspecified atom stereocenters. The third-order valence-corrected chi connectivity index (χ3v) is 8.26. The molecule has 35 heavy (non-hydrogen) atoms. The van der Waals surface area contributed by atoms with Crippen LogP contribution in [0.5, 0.6) is 0 Å². The molecule has 5 rings (SSSR count). The van der Waals surface area contributed by atoms with Crippen molar-refractivity contribution < 1.29 is 17.9 Å². The number of nitrogens with zero attached hydrogens (tertiary/aromatic N) is 3. The topological polar surface area (TPSA) is 81.5 Å². The first kappa shape index (κ1) is 23.8. The van der Waals surface area contributed by atoms with Crippen LogP contribution in [0.15, 0.2) is 66.0 Å². The van der Waals surface area contributed by atoms with Crippen molar-refractivity contribution in [3.8, 4) is 0 Å². The second kappa shape index (κ2) is 9.95. The largest absolute Gasteiger partial charge is 0.376 e. The predicted octanol–water partition coefficient (Wildman–Crippen LogP) is 4.15. The Balaban J connectivity index is 1.46. The van der Waals surface area contributed by atoms with Crippen LogP contribution in [0.3, 0.4) is 0 Å². The van der Waals surface area contributed by atoms with Crippen molar-refractivity contribution in [1.29, 1.82) is 0 Å². The molecule has 1 aromatic heterocycles. The van der Waals surface area contributed by atoms with E-state index in [1.54, 1.807) is 22.9 Å². The Morgan fingerprint density at radius 2 is 1.83 bits per heavy atom. The molecule has 2 heterocycles. The average Bonchev–Trinajstić information content (AvgIpc) is 3.40. The van der Waals surface area contributed by atoms with Crippen LogP contribution in [0.4, 0.5) is 0 Å². The maximum absolute atomic E-state index is 13.4. The maximum atomic E-state index is 13.4. The number of carbonyl (C=O) groups excluding carboxylic acids is 1. The van der Waals surface area contributed by atoms with E-state index in [0.717, 1.165) is 42.5 Å². The molecule has 2 aromatic carbocycles. The molecule has 3 aromatic rings. The fourth-order valence-corrected chi connectivity index (χ4v) is 6.10. The number of ether oxygens (including phenoxy) is 1. The number of rotatable bonds is 9. The van der Waals surface area contributed by atoms with Gasteiger partial charge in [0.2, 0.25) is 15.0 Å². The SMILES string of the molecule is Cc1ccc(C(=O)N(Cc2cnc(S(=O)(=O)Cc3ccccc3)n2C[C@@H]2CCCO2)C2CC2)cc1. The van der Waals surface area contributed by atoms with Gasteiger partial charge >= 0.3 is 0 Å². The normalized spacial score (nSPS) is 18.0. The van der Waals surface area contributed by atoms with E-state index in [-0.39, 0.29) is 29.0 Å². The van der Waals surface area contributed by atoms with Crippen molar-refractivity contribution >= 4 is 15.7 Å². The first-order valence-electron chi connectivity index (χ1n) is 12.2. The fourth-order valence-electron chi connectivity index (χ4n) is 4.60. The van der Waals surface area contributed by atoms with Gasteiger partial charge in [-0.15, -0.1) is 0 Å². The van der Waals surface area contributed by atoms with E-state index in [2.05, 4.69) is 4.98 Å². The second-order valence-electron chi connectivity index (χ2n) is 9.55. The fraction of sp³-hybridized carbons (Fsp3) is 0.407. The lowest BCUT2D eigenvalue weighted by Gasteiger charge is -2.24. The number of carbonyl (C=O) groups is 1. The van der Waals surface area contributed by atoms with Crippen LogP contribution in [-0.2, 0) is 33.4 Å². The van der Waals surface area contributed by atoms with Crippen molar-refractivity contribution in [1.82, 2.24) is 14.5 Å². The van der Waals surface area contributed by atoms with Crippen molar-refractivity contribution in [2.75, 3.05) is 6.61 Å². The highest BCUT2D eigenvalue weighted by Gasteiger charge is 2.35. The highest BCUT2D eigenvalue weighted by Crippen LogP contribution is 2.31. The molecule has 1 aliphatic heterocycles. The molecule has 0 spiro atoms. The highest BCUT2D eigenvalue weighted by atomic mass is 32.2. The molecule has 184 valence electrons. The summed E-state index contributed by atoms with van der Waals surface area (Å²) in [6, 6.07) is 16.9. The van der Waals surface area contributed by atoms with Crippen molar-refractivity contribution in [2.45, 2.75) is 68.8 Å². The number of hydrogen-bond donors (Lipinski definition) is 0. The summed E-state index contributed by atoms with van der Waals surface area (Å²) in [6.07, 6.45) is 5.30. The number of amides is 1. The number of imidazole rings is 1. The minimum atomic E-state index is -3.69. The molecule has 2 aliphatic rings. The van der Waals surface area contributed by atoms with Gasteiger partial charge in [-0.1, -0.05) is 48.0 Å². The Hall–Kier alpha value is -2.97. The quantitative estimate of drug-likeness (QED) is 0.447. The van der Waals surface area contributed by atoms with Crippen molar-refractivity contribution in [3.63, 3.8) is 0 Å². The number of aryl methyl sites for hydroxylation is 1. The van der Waals surface area contributed by atoms with Crippen LogP contribution >= 0.6 is 0 Å². The van der Waals surface area contributed by atoms with Gasteiger partial charge in [-0.25, -0.2) is 13.4 Å². The Morgan fingerprint density at radius 1 is 1.09 bits per heavy atom. The van der Waals surface area contributed by atoms with Crippen molar-refractivity contribution in [2.24, 2.45) is 0 Å². The molecule has 1 atom stereocenters. The van der Waals surface area contributed by atoms with Crippen LogP contribution in [-0.4, -0.2) is 47.5 Å². The zero-order chi connectivity index (χ0) is 24.4. The molecule has 7 nitrogen and oxygen atoms in total. The molecular formula is C27H31N3O4S. The van der Waals surface area contributed by atoms with E-state index >= 15 is 0 Å². The number of sulfone groups is 1. The summed E-state index contributed by atoms with van der Waals surface area (Å²) in [5, 5.41) is 0.0467. The second-order valence-corrected chi connectivity index (χ2v) is 11.4. The molecule has 1 aliphatic carbocycles. The van der Waals surface area contributed by atoms with E-state index in [1.165, 1.54) is 0 Å². The van der Waals surface area contributed by atoms with Gasteiger partial charge in [-0.3, -0.25) is 4.79 Å². The summed E-state index contributed by atoms with van der Waals surface area (Å²) in [7, 11) is -3.69. The monoisotopic (exact) mass is 493 g/mol. The number of benzene rings is 2. The molecule has 8 heteroatoms. The zero-order valence-electron chi connectivity index (χ0n) is 20.0. The lowest BCUT2D eigenvalue weighted by Crippen LogP contribution is -2.34. The van der Waals surface area contributed by atoms with Crippen LogP contribution < -0.4 is 0 Å². The summed E-state index contributed by atoms with van der Waals surface area (Å²) in [5.41, 5.74) is 3.18. The van der Waals surface area contributed by atoms with Crippen LogP contribution in [0.2, 0.25) is 0 Å². The van der Waals surface area contributed by atoms with Crippen LogP contribution in [0.1, 0.15) is 52.9 Å². The first-order valence-corrected chi connectivity index (χ1v) is 13.9. The Morgan fingerprint density at radius 3 is 2.49 bits per heavy atom.